The smallest absolute Gasteiger partial charge is 0.310 e. The number of nitrogens with zero attached hydrogens (tertiary/aromatic N) is 5. The highest BCUT2D eigenvalue weighted by atomic mass is 32.5. The molecule has 0 aliphatic carbocycles. The summed E-state index contributed by atoms with van der Waals surface area (Å²) in [5.41, 5.74) is 0.380. The second-order valence-electron chi connectivity index (χ2n) is 5.11. The van der Waals surface area contributed by atoms with Crippen LogP contribution >= 0.6 is 10.2 Å². The molecule has 1 aromatic carbocycles. The zero-order chi connectivity index (χ0) is 17.7. The molecule has 130 valence electrons. The first-order valence-corrected chi connectivity index (χ1v) is 8.51. The van der Waals surface area contributed by atoms with Gasteiger partial charge in [0.2, 0.25) is 0 Å². The highest BCUT2D eigenvalue weighted by molar-refractivity contribution is 8.45. The van der Waals surface area contributed by atoms with Crippen LogP contribution in [0.1, 0.15) is 18.5 Å². The van der Waals surface area contributed by atoms with Crippen LogP contribution in [0, 0.1) is 0 Å². The van der Waals surface area contributed by atoms with Crippen LogP contribution in [-0.4, -0.2) is 24.8 Å². The lowest BCUT2D eigenvalue weighted by Gasteiger charge is -2.40. The molecule has 0 saturated heterocycles. The molecule has 1 N–H and O–H groups in total. The van der Waals surface area contributed by atoms with Crippen LogP contribution in [-0.2, 0) is 0 Å². The Kier molecular flexibility index (Phi) is 3.09. The third-order valence-corrected chi connectivity index (χ3v) is 4.44. The molecule has 3 aromatic rings. The highest BCUT2D eigenvalue weighted by Gasteiger charge is 2.65. The molecule has 0 aliphatic rings. The first kappa shape index (κ1) is 16.4. The van der Waals surface area contributed by atoms with Gasteiger partial charge in [0, 0.05) is 6.04 Å². The molecule has 2 heterocycles. The van der Waals surface area contributed by atoms with E-state index in [-0.39, 0.29) is 5.78 Å². The van der Waals surface area contributed by atoms with Crippen molar-refractivity contribution in [2.24, 2.45) is 0 Å². The molecule has 1 atom stereocenters. The second-order valence-corrected chi connectivity index (χ2v) is 7.52. The van der Waals surface area contributed by atoms with Crippen molar-refractivity contribution >= 4 is 21.8 Å². The summed E-state index contributed by atoms with van der Waals surface area (Å²) >= 11 is 0. The Morgan fingerprint density at radius 2 is 1.75 bits per heavy atom. The van der Waals surface area contributed by atoms with Gasteiger partial charge in [-0.25, -0.2) is 0 Å². The van der Waals surface area contributed by atoms with Crippen molar-refractivity contribution in [3.8, 4) is 0 Å². The molecular weight excluding hydrogens is 355 g/mol. The Hall–Kier alpha value is -2.50. The van der Waals surface area contributed by atoms with Gasteiger partial charge in [-0.1, -0.05) is 31.6 Å². The molecule has 0 unspecified atom stereocenters. The Morgan fingerprint density at radius 3 is 2.38 bits per heavy atom. The third-order valence-electron chi connectivity index (χ3n) is 3.28. The Balaban J connectivity index is 1.86. The summed E-state index contributed by atoms with van der Waals surface area (Å²) in [7, 11) is -9.66. The average molecular weight is 366 g/mol. The minimum absolute atomic E-state index is 0.239. The van der Waals surface area contributed by atoms with Crippen LogP contribution < -0.4 is 5.32 Å². The minimum atomic E-state index is -9.66. The third kappa shape index (κ3) is 3.22. The van der Waals surface area contributed by atoms with Gasteiger partial charge >= 0.3 is 10.2 Å². The number of nitrogens with one attached hydrogen (secondary N) is 1. The maximum Gasteiger partial charge on any atom is 0.310 e. The zero-order valence-electron chi connectivity index (χ0n) is 12.1. The topological polar surface area (TPSA) is 68.0 Å². The molecule has 0 radical (unpaired) electrons. The van der Waals surface area contributed by atoms with Gasteiger partial charge in [0.1, 0.15) is 11.2 Å². The first-order valence-electron chi connectivity index (χ1n) is 6.56. The lowest BCUT2D eigenvalue weighted by atomic mass is 10.1. The Labute approximate surface area is 132 Å². The van der Waals surface area contributed by atoms with Crippen molar-refractivity contribution in [1.29, 1.82) is 0 Å². The lowest BCUT2D eigenvalue weighted by molar-refractivity contribution is 0.364. The number of benzene rings is 1. The van der Waals surface area contributed by atoms with Crippen molar-refractivity contribution in [3.05, 3.63) is 42.4 Å². The molecule has 0 amide bonds. The van der Waals surface area contributed by atoms with Crippen LogP contribution in [0.3, 0.4) is 0 Å². The fourth-order valence-corrected chi connectivity index (χ4v) is 2.73. The van der Waals surface area contributed by atoms with Crippen LogP contribution in [0.15, 0.2) is 41.7 Å². The molecule has 0 aliphatic heterocycles. The van der Waals surface area contributed by atoms with Gasteiger partial charge < -0.3 is 5.32 Å². The van der Waals surface area contributed by atoms with Crippen LogP contribution in [0.25, 0.3) is 5.78 Å². The number of halogens is 5. The Morgan fingerprint density at radius 1 is 1.08 bits per heavy atom. The lowest BCUT2D eigenvalue weighted by Crippen LogP contribution is -2.12. The predicted molar refractivity (Wildman–Crippen MR) is 78.5 cm³/mol. The van der Waals surface area contributed by atoms with Crippen LogP contribution in [0.4, 0.5) is 25.2 Å². The SMILES string of the molecule is C[C@@H](Nc1cnnc2ncnn12)c1ccc(S(F)(F)(F)(F)F)cc1. The molecule has 0 bridgehead atoms. The maximum absolute atomic E-state index is 12.7. The molecule has 0 spiro atoms. The van der Waals surface area contributed by atoms with Crippen molar-refractivity contribution in [1.82, 2.24) is 24.8 Å². The van der Waals surface area contributed by atoms with E-state index in [1.165, 1.54) is 17.0 Å². The second kappa shape index (κ2) is 4.53. The fraction of sp³-hybridized carbons (Fsp3) is 0.167. The molecule has 12 heteroatoms. The van der Waals surface area contributed by atoms with Gasteiger partial charge in [-0.3, -0.25) is 0 Å². The molecule has 6 nitrogen and oxygen atoms in total. The van der Waals surface area contributed by atoms with E-state index in [1.54, 1.807) is 6.92 Å². The van der Waals surface area contributed by atoms with E-state index in [1.807, 2.05) is 0 Å². The summed E-state index contributed by atoms with van der Waals surface area (Å²) in [5, 5.41) is 14.3. The Bertz CT molecular complexity index is 892. The molecule has 3 rings (SSSR count). The number of aromatic nitrogens is 5. The summed E-state index contributed by atoms with van der Waals surface area (Å²) in [6, 6.07) is 2.26. The summed E-state index contributed by atoms with van der Waals surface area (Å²) in [6.45, 7) is 1.65. The number of rotatable bonds is 4. The summed E-state index contributed by atoms with van der Waals surface area (Å²) < 4.78 is 64.9. The number of anilines is 1. The molecule has 24 heavy (non-hydrogen) atoms. The van der Waals surface area contributed by atoms with Crippen molar-refractivity contribution in [3.63, 3.8) is 0 Å². The molecular formula is C12H11F5N6S. The van der Waals surface area contributed by atoms with Crippen molar-refractivity contribution in [2.75, 3.05) is 5.32 Å². The summed E-state index contributed by atoms with van der Waals surface area (Å²) in [5.74, 6) is 0.644. The fourth-order valence-electron chi connectivity index (χ4n) is 2.08. The minimum Gasteiger partial charge on any atom is -0.362 e. The average Bonchev–Trinajstić information content (AvgIpc) is 2.94. The van der Waals surface area contributed by atoms with E-state index >= 15 is 0 Å². The van der Waals surface area contributed by atoms with E-state index in [0.717, 1.165) is 12.1 Å². The molecule has 0 fully saturated rings. The van der Waals surface area contributed by atoms with Gasteiger partial charge in [-0.2, -0.15) is 19.7 Å². The van der Waals surface area contributed by atoms with Crippen LogP contribution in [0.2, 0.25) is 0 Å². The van der Waals surface area contributed by atoms with Gasteiger partial charge in [-0.15, -0.1) is 5.10 Å². The maximum atomic E-state index is 12.7. The predicted octanol–water partition coefficient (Wildman–Crippen LogP) is 4.35. The quantitative estimate of drug-likeness (QED) is 0.696. The molecule has 0 saturated carbocycles. The zero-order valence-corrected chi connectivity index (χ0v) is 12.9. The van der Waals surface area contributed by atoms with E-state index in [0.29, 0.717) is 23.5 Å². The normalized spacial score (nSPS) is 16.4. The number of fused-ring (bicyclic) bond motifs is 1. The summed E-state index contributed by atoms with van der Waals surface area (Å²) in [4.78, 5) is 1.93. The van der Waals surface area contributed by atoms with E-state index < -0.39 is 21.2 Å². The number of hydrogen-bond donors (Lipinski definition) is 1. The largest absolute Gasteiger partial charge is 0.362 e. The van der Waals surface area contributed by atoms with E-state index in [9.17, 15) is 19.4 Å². The van der Waals surface area contributed by atoms with Crippen molar-refractivity contribution in [2.45, 2.75) is 17.9 Å². The molecule has 2 aromatic heterocycles. The van der Waals surface area contributed by atoms with Gasteiger partial charge in [0.15, 0.2) is 5.82 Å². The van der Waals surface area contributed by atoms with Crippen molar-refractivity contribution < 1.29 is 19.4 Å². The highest BCUT2D eigenvalue weighted by Crippen LogP contribution is 3.02. The summed E-state index contributed by atoms with van der Waals surface area (Å²) in [6.07, 6.45) is 2.63. The van der Waals surface area contributed by atoms with E-state index in [4.69, 9.17) is 0 Å². The van der Waals surface area contributed by atoms with Crippen LogP contribution in [0.5, 0.6) is 0 Å². The number of hydrogen-bond acceptors (Lipinski definition) is 5. The monoisotopic (exact) mass is 366 g/mol. The van der Waals surface area contributed by atoms with Gasteiger partial charge in [-0.05, 0) is 24.6 Å². The van der Waals surface area contributed by atoms with Gasteiger partial charge in [0.25, 0.3) is 5.78 Å². The standard InChI is InChI=1S/C12H11F5N6S/c1-8(21-11-6-19-22-12-18-7-20-23(11)12)9-2-4-10(5-3-9)24(13,14,15,16)17/h2-8,21H,1H3/t8-/m1/s1. The van der Waals surface area contributed by atoms with Gasteiger partial charge in [0.05, 0.1) is 6.20 Å². The van der Waals surface area contributed by atoms with E-state index in [2.05, 4.69) is 25.6 Å². The first-order chi connectivity index (χ1) is 10.9.